The van der Waals surface area contributed by atoms with Crippen molar-refractivity contribution in [3.63, 3.8) is 0 Å². The molecule has 6 heteroatoms. The van der Waals surface area contributed by atoms with Gasteiger partial charge in [0, 0.05) is 12.2 Å². The van der Waals surface area contributed by atoms with E-state index >= 15 is 0 Å². The van der Waals surface area contributed by atoms with Gasteiger partial charge in [-0.1, -0.05) is 30.3 Å². The SMILES string of the molecule is CCN(C1=C(c2ccc(OC(C)C)cc2)C(=O)N(c2ccc(OC)cc2)C1=O)c1ccccc1. The van der Waals surface area contributed by atoms with Crippen LogP contribution in [0.5, 0.6) is 11.5 Å². The Morgan fingerprint density at radius 2 is 1.44 bits per heavy atom. The molecule has 0 spiro atoms. The summed E-state index contributed by atoms with van der Waals surface area (Å²) in [6.07, 6.45) is 0.0366. The third kappa shape index (κ3) is 4.39. The standard InChI is InChI=1S/C28H28N2O4/c1-5-29(21-9-7-6-8-10-21)26-25(20-11-15-24(16-12-20)34-19(2)3)27(31)30(28(26)32)22-13-17-23(33-4)18-14-22/h6-19H,5H2,1-4H3. The predicted octanol–water partition coefficient (Wildman–Crippen LogP) is 5.29. The van der Waals surface area contributed by atoms with Crippen molar-refractivity contribution in [2.75, 3.05) is 23.5 Å². The Balaban J connectivity index is 1.83. The number of carbonyl (C=O) groups excluding carboxylic acids is 2. The number of imide groups is 1. The summed E-state index contributed by atoms with van der Waals surface area (Å²) in [5.41, 5.74) is 2.71. The fourth-order valence-corrected chi connectivity index (χ4v) is 4.04. The summed E-state index contributed by atoms with van der Waals surface area (Å²) in [4.78, 5) is 30.7. The van der Waals surface area contributed by atoms with Crippen LogP contribution in [-0.4, -0.2) is 31.6 Å². The Morgan fingerprint density at radius 3 is 2.00 bits per heavy atom. The molecule has 3 aromatic carbocycles. The van der Waals surface area contributed by atoms with Gasteiger partial charge in [0.15, 0.2) is 0 Å². The third-order valence-electron chi connectivity index (χ3n) is 5.56. The number of likely N-dealkylation sites (N-methyl/N-ethyl adjacent to an activating group) is 1. The van der Waals surface area contributed by atoms with E-state index in [1.165, 1.54) is 4.90 Å². The first kappa shape index (κ1) is 23.1. The number of hydrogen-bond donors (Lipinski definition) is 0. The number of para-hydroxylation sites is 1. The zero-order valence-corrected chi connectivity index (χ0v) is 19.8. The van der Waals surface area contributed by atoms with Crippen LogP contribution in [0.4, 0.5) is 11.4 Å². The Labute approximate surface area is 200 Å². The van der Waals surface area contributed by atoms with Crippen molar-refractivity contribution in [3.8, 4) is 11.5 Å². The maximum atomic E-state index is 13.8. The summed E-state index contributed by atoms with van der Waals surface area (Å²) in [6.45, 7) is 6.40. The topological polar surface area (TPSA) is 59.1 Å². The molecular weight excluding hydrogens is 428 g/mol. The molecule has 0 aliphatic carbocycles. The highest BCUT2D eigenvalue weighted by molar-refractivity contribution is 6.46. The molecule has 34 heavy (non-hydrogen) atoms. The molecule has 0 atom stereocenters. The van der Waals surface area contributed by atoms with Gasteiger partial charge in [-0.05, 0) is 74.9 Å². The molecule has 1 aliphatic rings. The molecule has 0 aromatic heterocycles. The molecule has 1 heterocycles. The molecule has 0 saturated heterocycles. The fraction of sp³-hybridized carbons (Fsp3) is 0.214. The number of anilines is 2. The average Bonchev–Trinajstić information content (AvgIpc) is 3.10. The van der Waals surface area contributed by atoms with E-state index in [2.05, 4.69) is 0 Å². The molecule has 2 amide bonds. The maximum Gasteiger partial charge on any atom is 0.282 e. The van der Waals surface area contributed by atoms with Gasteiger partial charge in [0.2, 0.25) is 0 Å². The summed E-state index contributed by atoms with van der Waals surface area (Å²) >= 11 is 0. The molecule has 0 radical (unpaired) electrons. The molecule has 0 fully saturated rings. The maximum absolute atomic E-state index is 13.8. The van der Waals surface area contributed by atoms with Crippen molar-refractivity contribution in [2.45, 2.75) is 26.9 Å². The van der Waals surface area contributed by atoms with Crippen molar-refractivity contribution in [1.29, 1.82) is 0 Å². The smallest absolute Gasteiger partial charge is 0.282 e. The van der Waals surface area contributed by atoms with E-state index in [1.54, 1.807) is 31.4 Å². The molecule has 0 N–H and O–H groups in total. The van der Waals surface area contributed by atoms with E-state index in [-0.39, 0.29) is 17.9 Å². The minimum Gasteiger partial charge on any atom is -0.497 e. The van der Waals surface area contributed by atoms with Crippen LogP contribution < -0.4 is 19.3 Å². The van der Waals surface area contributed by atoms with Gasteiger partial charge in [-0.2, -0.15) is 0 Å². The number of rotatable bonds is 8. The number of carbonyl (C=O) groups is 2. The Bertz CT molecular complexity index is 1200. The highest BCUT2D eigenvalue weighted by Crippen LogP contribution is 2.37. The van der Waals surface area contributed by atoms with Crippen molar-refractivity contribution in [2.24, 2.45) is 0 Å². The summed E-state index contributed by atoms with van der Waals surface area (Å²) in [7, 11) is 1.57. The summed E-state index contributed by atoms with van der Waals surface area (Å²) < 4.78 is 11.0. The zero-order valence-electron chi connectivity index (χ0n) is 19.8. The van der Waals surface area contributed by atoms with Crippen LogP contribution in [0.15, 0.2) is 84.6 Å². The fourth-order valence-electron chi connectivity index (χ4n) is 4.04. The van der Waals surface area contributed by atoms with E-state index < -0.39 is 0 Å². The first-order chi connectivity index (χ1) is 16.4. The first-order valence-electron chi connectivity index (χ1n) is 11.3. The molecule has 3 aromatic rings. The number of nitrogens with zero attached hydrogens (tertiary/aromatic N) is 2. The van der Waals surface area contributed by atoms with Gasteiger partial charge in [0.1, 0.15) is 17.2 Å². The Kier molecular flexibility index (Phi) is 6.68. The number of hydrogen-bond acceptors (Lipinski definition) is 5. The highest BCUT2D eigenvalue weighted by Gasteiger charge is 2.42. The van der Waals surface area contributed by atoms with E-state index in [1.807, 2.05) is 80.3 Å². The number of methoxy groups -OCH3 is 1. The van der Waals surface area contributed by atoms with Gasteiger partial charge in [-0.15, -0.1) is 0 Å². The minimum absolute atomic E-state index is 0.0366. The molecule has 6 nitrogen and oxygen atoms in total. The van der Waals surface area contributed by atoms with Gasteiger partial charge in [-0.25, -0.2) is 4.90 Å². The molecule has 0 bridgehead atoms. The zero-order chi connectivity index (χ0) is 24.2. The van der Waals surface area contributed by atoms with Gasteiger partial charge in [0.25, 0.3) is 11.8 Å². The van der Waals surface area contributed by atoms with Crippen LogP contribution in [-0.2, 0) is 9.59 Å². The average molecular weight is 457 g/mol. The summed E-state index contributed by atoms with van der Waals surface area (Å²) in [5.74, 6) is 0.631. The van der Waals surface area contributed by atoms with Crippen LogP contribution in [0.2, 0.25) is 0 Å². The molecule has 174 valence electrons. The molecule has 1 aliphatic heterocycles. The molecule has 0 saturated carbocycles. The third-order valence-corrected chi connectivity index (χ3v) is 5.56. The van der Waals surface area contributed by atoms with Crippen LogP contribution >= 0.6 is 0 Å². The van der Waals surface area contributed by atoms with E-state index in [4.69, 9.17) is 9.47 Å². The normalized spacial score (nSPS) is 13.6. The largest absolute Gasteiger partial charge is 0.497 e. The Hall–Kier alpha value is -4.06. The molecule has 0 unspecified atom stereocenters. The van der Waals surface area contributed by atoms with E-state index in [9.17, 15) is 9.59 Å². The lowest BCUT2D eigenvalue weighted by Crippen LogP contribution is -2.35. The second-order valence-electron chi connectivity index (χ2n) is 8.14. The monoisotopic (exact) mass is 456 g/mol. The lowest BCUT2D eigenvalue weighted by molar-refractivity contribution is -0.120. The second-order valence-corrected chi connectivity index (χ2v) is 8.14. The van der Waals surface area contributed by atoms with Gasteiger partial charge in [-0.3, -0.25) is 9.59 Å². The molecular formula is C28H28N2O4. The first-order valence-corrected chi connectivity index (χ1v) is 11.3. The van der Waals surface area contributed by atoms with Gasteiger partial charge in [0.05, 0.1) is 24.5 Å². The quantitative estimate of drug-likeness (QED) is 0.431. The minimum atomic E-state index is -0.364. The number of benzene rings is 3. The van der Waals surface area contributed by atoms with Gasteiger partial charge < -0.3 is 14.4 Å². The van der Waals surface area contributed by atoms with E-state index in [0.717, 1.165) is 5.69 Å². The second kappa shape index (κ2) is 9.83. The number of ether oxygens (including phenoxy) is 2. The lowest BCUT2D eigenvalue weighted by Gasteiger charge is -2.25. The van der Waals surface area contributed by atoms with E-state index in [0.29, 0.717) is 40.6 Å². The van der Waals surface area contributed by atoms with Crippen LogP contribution in [0, 0.1) is 0 Å². The van der Waals surface area contributed by atoms with Crippen molar-refractivity contribution in [3.05, 3.63) is 90.1 Å². The summed E-state index contributed by atoms with van der Waals surface area (Å²) in [5, 5.41) is 0. The molecule has 4 rings (SSSR count). The van der Waals surface area contributed by atoms with Crippen LogP contribution in [0.3, 0.4) is 0 Å². The van der Waals surface area contributed by atoms with Crippen LogP contribution in [0.1, 0.15) is 26.3 Å². The van der Waals surface area contributed by atoms with Crippen LogP contribution in [0.25, 0.3) is 5.57 Å². The van der Waals surface area contributed by atoms with Crippen molar-refractivity contribution >= 4 is 28.8 Å². The number of amides is 2. The highest BCUT2D eigenvalue weighted by atomic mass is 16.5. The van der Waals surface area contributed by atoms with Crippen molar-refractivity contribution < 1.29 is 19.1 Å². The summed E-state index contributed by atoms with van der Waals surface area (Å²) in [6, 6.07) is 23.8. The predicted molar refractivity (Wildman–Crippen MR) is 134 cm³/mol. The Morgan fingerprint density at radius 1 is 0.824 bits per heavy atom. The van der Waals surface area contributed by atoms with Crippen molar-refractivity contribution in [1.82, 2.24) is 0 Å². The van der Waals surface area contributed by atoms with Gasteiger partial charge >= 0.3 is 0 Å². The lowest BCUT2D eigenvalue weighted by atomic mass is 10.0.